The van der Waals surface area contributed by atoms with Crippen molar-refractivity contribution in [3.8, 4) is 0 Å². The van der Waals surface area contributed by atoms with Crippen LogP contribution in [0.5, 0.6) is 0 Å². The molecule has 1 unspecified atom stereocenters. The number of amides is 1. The number of aliphatic carboxylic acids is 5. The van der Waals surface area contributed by atoms with Gasteiger partial charge >= 0.3 is 29.8 Å². The number of hydrogen-bond acceptors (Lipinski definition) is 13. The third kappa shape index (κ3) is 13.0. The molecular formula is C33H43N5O14S2. The minimum absolute atomic E-state index is 0.0157. The van der Waals surface area contributed by atoms with E-state index in [-0.39, 0.29) is 42.4 Å². The Kier molecular flexibility index (Phi) is 15.7. The van der Waals surface area contributed by atoms with Crippen molar-refractivity contribution in [2.75, 3.05) is 61.7 Å². The summed E-state index contributed by atoms with van der Waals surface area (Å²) >= 11 is 1.31. The first-order valence-electron chi connectivity index (χ1n) is 16.3. The summed E-state index contributed by atoms with van der Waals surface area (Å²) in [6.45, 7) is -2.41. The fourth-order valence-electron chi connectivity index (χ4n) is 6.18. The average Bonchev–Trinajstić information content (AvgIpc) is 3.35. The van der Waals surface area contributed by atoms with E-state index in [9.17, 15) is 67.8 Å². The van der Waals surface area contributed by atoms with Crippen molar-refractivity contribution in [3.63, 3.8) is 0 Å². The molecule has 0 aliphatic carbocycles. The Morgan fingerprint density at radius 1 is 0.796 bits per heavy atom. The lowest BCUT2D eigenvalue weighted by Crippen LogP contribution is -2.55. The zero-order valence-electron chi connectivity index (χ0n) is 29.3. The van der Waals surface area contributed by atoms with Crippen LogP contribution in [0.2, 0.25) is 0 Å². The van der Waals surface area contributed by atoms with Gasteiger partial charge in [-0.3, -0.25) is 53.1 Å². The van der Waals surface area contributed by atoms with E-state index in [1.54, 1.807) is 6.26 Å². The summed E-state index contributed by atoms with van der Waals surface area (Å²) in [5.41, 5.74) is 0.972. The number of anilines is 2. The van der Waals surface area contributed by atoms with Crippen LogP contribution < -0.4 is 9.62 Å². The lowest BCUT2D eigenvalue weighted by molar-refractivity contribution is -0.144. The number of sulfonamides is 1. The van der Waals surface area contributed by atoms with Crippen LogP contribution in [0.4, 0.5) is 11.4 Å². The van der Waals surface area contributed by atoms with Gasteiger partial charge in [0.1, 0.15) is 6.23 Å². The third-order valence-electron chi connectivity index (χ3n) is 8.40. The van der Waals surface area contributed by atoms with E-state index in [0.29, 0.717) is 11.3 Å². The SMILES string of the molecule is CSC1C[C@H](O)N(c2ccc(S(=O)(=O)Nc3ccc(C[C@H](CN(CC(=O)O)CC(=O)O)N(CC(=O)O)[C@@H](C)CN(CC(=O)O)CC(=O)O)cc3)cc2)C1=O. The molecule has 3 rings (SSSR count). The summed E-state index contributed by atoms with van der Waals surface area (Å²) in [6, 6.07) is 9.55. The van der Waals surface area contributed by atoms with E-state index >= 15 is 0 Å². The Labute approximate surface area is 314 Å². The predicted molar refractivity (Wildman–Crippen MR) is 194 cm³/mol. The molecule has 21 heteroatoms. The molecule has 0 spiro atoms. The topological polar surface area (TPSA) is 283 Å². The standard InChI is InChI=1S/C33H43N5O14S2/c1-20(13-35(15-28(40)41)16-29(42)43)37(19-32(48)49)24(14-36(17-30(44)45)18-31(46)47)11-21-3-5-22(6-4-21)34-54(51,52)25-9-7-23(8-10-25)38-27(39)12-26(53-2)33(38)50/h3-10,20,24,26-27,34,39H,11-19H2,1-2H3,(H,40,41)(H,42,43)(H,44,45)(H,46,47)(H,48,49)/t20-,24+,26?,27-/m0/s1. The molecule has 0 bridgehead atoms. The molecule has 0 saturated carbocycles. The molecule has 1 fully saturated rings. The molecular weight excluding hydrogens is 755 g/mol. The van der Waals surface area contributed by atoms with E-state index < -0.39 is 96.2 Å². The van der Waals surface area contributed by atoms with E-state index in [2.05, 4.69) is 4.72 Å². The number of carbonyl (C=O) groups is 6. The van der Waals surface area contributed by atoms with Crippen LogP contribution in [-0.4, -0.2) is 165 Å². The Morgan fingerprint density at radius 3 is 1.72 bits per heavy atom. The predicted octanol–water partition coefficient (Wildman–Crippen LogP) is -0.0973. The monoisotopic (exact) mass is 797 g/mol. The number of benzene rings is 2. The molecule has 4 atom stereocenters. The highest BCUT2D eigenvalue weighted by molar-refractivity contribution is 8.00. The highest BCUT2D eigenvalue weighted by Crippen LogP contribution is 2.32. The second-order valence-electron chi connectivity index (χ2n) is 12.6. The van der Waals surface area contributed by atoms with Crippen LogP contribution in [0.25, 0.3) is 0 Å². The van der Waals surface area contributed by atoms with Crippen molar-refractivity contribution in [1.29, 1.82) is 0 Å². The first-order chi connectivity index (χ1) is 25.3. The Bertz CT molecular complexity index is 1750. The number of carboxylic acid groups (broad SMARTS) is 5. The molecule has 0 radical (unpaired) electrons. The summed E-state index contributed by atoms with van der Waals surface area (Å²) < 4.78 is 28.9. The molecule has 7 N–H and O–H groups in total. The number of aliphatic hydroxyl groups excluding tert-OH is 1. The number of aliphatic hydroxyl groups is 1. The van der Waals surface area contributed by atoms with Crippen LogP contribution in [0.1, 0.15) is 18.9 Å². The molecule has 296 valence electrons. The third-order valence-corrected chi connectivity index (χ3v) is 10.8. The number of thioether (sulfide) groups is 1. The zero-order valence-corrected chi connectivity index (χ0v) is 31.0. The van der Waals surface area contributed by atoms with Crippen molar-refractivity contribution in [2.24, 2.45) is 0 Å². The zero-order chi connectivity index (χ0) is 40.3. The summed E-state index contributed by atoms with van der Waals surface area (Å²) in [7, 11) is -4.14. The normalized spacial score (nSPS) is 17.1. The van der Waals surface area contributed by atoms with E-state index in [4.69, 9.17) is 0 Å². The Hall–Kier alpha value is -4.80. The van der Waals surface area contributed by atoms with Gasteiger partial charge in [-0.2, -0.15) is 11.8 Å². The van der Waals surface area contributed by atoms with Gasteiger partial charge in [0.05, 0.1) is 42.9 Å². The molecule has 0 aromatic heterocycles. The second kappa shape index (κ2) is 19.5. The average molecular weight is 798 g/mol. The maximum atomic E-state index is 13.2. The van der Waals surface area contributed by atoms with Crippen molar-refractivity contribution in [3.05, 3.63) is 54.1 Å². The van der Waals surface area contributed by atoms with Gasteiger partial charge < -0.3 is 30.6 Å². The molecule has 1 saturated heterocycles. The maximum absolute atomic E-state index is 13.2. The van der Waals surface area contributed by atoms with Gasteiger partial charge in [-0.05, 0) is 61.6 Å². The molecule has 2 aromatic rings. The van der Waals surface area contributed by atoms with Crippen molar-refractivity contribution in [2.45, 2.75) is 48.2 Å². The molecule has 1 aliphatic heterocycles. The largest absolute Gasteiger partial charge is 0.480 e. The number of carboxylic acids is 5. The minimum Gasteiger partial charge on any atom is -0.480 e. The Morgan fingerprint density at radius 2 is 1.28 bits per heavy atom. The first kappa shape index (κ1) is 43.6. The summed E-state index contributed by atoms with van der Waals surface area (Å²) in [5.74, 6) is -6.95. The smallest absolute Gasteiger partial charge is 0.317 e. The summed E-state index contributed by atoms with van der Waals surface area (Å²) in [4.78, 5) is 75.4. The van der Waals surface area contributed by atoms with Crippen LogP contribution in [0.3, 0.4) is 0 Å². The van der Waals surface area contributed by atoms with Crippen LogP contribution in [0, 0.1) is 0 Å². The van der Waals surface area contributed by atoms with Gasteiger partial charge in [0.2, 0.25) is 5.91 Å². The van der Waals surface area contributed by atoms with Gasteiger partial charge in [-0.15, -0.1) is 0 Å². The lowest BCUT2D eigenvalue weighted by atomic mass is 10.0. The fourth-order valence-corrected chi connectivity index (χ4v) is 7.91. The summed E-state index contributed by atoms with van der Waals surface area (Å²) in [6.07, 6.45) is 0.924. The quantitative estimate of drug-likeness (QED) is 0.0773. The Balaban J connectivity index is 1.88. The van der Waals surface area contributed by atoms with Crippen LogP contribution in [-0.2, 0) is 45.2 Å². The number of nitrogens with zero attached hydrogens (tertiary/aromatic N) is 4. The lowest BCUT2D eigenvalue weighted by Gasteiger charge is -2.39. The summed E-state index contributed by atoms with van der Waals surface area (Å²) in [5, 5.41) is 57.2. The van der Waals surface area contributed by atoms with E-state index in [0.717, 1.165) is 9.80 Å². The first-order valence-corrected chi connectivity index (χ1v) is 19.1. The van der Waals surface area contributed by atoms with Crippen LogP contribution >= 0.6 is 11.8 Å². The van der Waals surface area contributed by atoms with Gasteiger partial charge in [-0.25, -0.2) is 8.42 Å². The number of rotatable bonds is 23. The highest BCUT2D eigenvalue weighted by Gasteiger charge is 2.39. The molecule has 1 amide bonds. The minimum atomic E-state index is -4.14. The van der Waals surface area contributed by atoms with Crippen molar-refractivity contribution < 1.29 is 67.8 Å². The van der Waals surface area contributed by atoms with Gasteiger partial charge in [0.25, 0.3) is 10.0 Å². The van der Waals surface area contributed by atoms with Gasteiger partial charge in [0.15, 0.2) is 0 Å². The van der Waals surface area contributed by atoms with Crippen molar-refractivity contribution >= 4 is 68.9 Å². The number of hydrogen-bond donors (Lipinski definition) is 7. The fraction of sp³-hybridized carbons (Fsp3) is 0.455. The van der Waals surface area contributed by atoms with Crippen molar-refractivity contribution in [1.82, 2.24) is 14.7 Å². The molecule has 1 heterocycles. The molecule has 1 aliphatic rings. The number of carbonyl (C=O) groups excluding carboxylic acids is 1. The molecule has 19 nitrogen and oxygen atoms in total. The van der Waals surface area contributed by atoms with Gasteiger partial charge in [-0.1, -0.05) is 12.1 Å². The maximum Gasteiger partial charge on any atom is 0.317 e. The molecule has 2 aromatic carbocycles. The molecule has 54 heavy (non-hydrogen) atoms. The van der Waals surface area contributed by atoms with E-state index in [1.807, 2.05) is 0 Å². The number of nitrogens with one attached hydrogen (secondary N) is 1. The van der Waals surface area contributed by atoms with Crippen LogP contribution in [0.15, 0.2) is 53.4 Å². The second-order valence-corrected chi connectivity index (χ2v) is 15.4. The van der Waals surface area contributed by atoms with E-state index in [1.165, 1.54) is 77.0 Å². The highest BCUT2D eigenvalue weighted by atomic mass is 32.2. The van der Waals surface area contributed by atoms with Gasteiger partial charge in [0, 0.05) is 43.0 Å².